The second kappa shape index (κ2) is 4.50. The monoisotopic (exact) mass is 254 g/mol. The summed E-state index contributed by atoms with van der Waals surface area (Å²) in [5.41, 5.74) is 2.72. The van der Waals surface area contributed by atoms with Gasteiger partial charge in [0.25, 0.3) is 0 Å². The zero-order valence-corrected chi connectivity index (χ0v) is 10.7. The smallest absolute Gasteiger partial charge is 0.129 e. The molecule has 0 fully saturated rings. The Morgan fingerprint density at radius 3 is 2.53 bits per heavy atom. The third-order valence-electron chi connectivity index (χ3n) is 3.72. The molecule has 0 aromatic heterocycles. The zero-order valence-electron chi connectivity index (χ0n) is 10.7. The van der Waals surface area contributed by atoms with Crippen molar-refractivity contribution in [3.63, 3.8) is 0 Å². The van der Waals surface area contributed by atoms with Gasteiger partial charge in [0.15, 0.2) is 0 Å². The van der Waals surface area contributed by atoms with Crippen molar-refractivity contribution in [3.05, 3.63) is 71.0 Å². The number of fused-ring (bicyclic) bond motifs is 1. The number of rotatable bonds is 2. The molecule has 2 nitrogen and oxygen atoms in total. The summed E-state index contributed by atoms with van der Waals surface area (Å²) in [5.74, 6) is 0.269. The highest BCUT2D eigenvalue weighted by molar-refractivity contribution is 6.00. The maximum atomic E-state index is 13.9. The molecule has 1 unspecified atom stereocenters. The number of benzene rings is 2. The minimum absolute atomic E-state index is 0.138. The van der Waals surface area contributed by atoms with Crippen LogP contribution in [-0.4, -0.2) is 10.7 Å². The first-order valence-corrected chi connectivity index (χ1v) is 6.36. The van der Waals surface area contributed by atoms with E-state index >= 15 is 0 Å². The molecule has 19 heavy (non-hydrogen) atoms. The molecule has 0 radical (unpaired) electrons. The molecule has 0 saturated carbocycles. The minimum atomic E-state index is -0.209. The van der Waals surface area contributed by atoms with Crippen LogP contribution in [0.5, 0.6) is 0 Å². The van der Waals surface area contributed by atoms with Crippen molar-refractivity contribution >= 4 is 5.84 Å². The van der Waals surface area contributed by atoms with Gasteiger partial charge in [0.05, 0.1) is 6.04 Å². The Balaban J connectivity index is 1.94. The lowest BCUT2D eigenvalue weighted by molar-refractivity contribution is 0.333. The summed E-state index contributed by atoms with van der Waals surface area (Å²) in [6, 6.07) is 14.5. The van der Waals surface area contributed by atoms with Crippen molar-refractivity contribution in [2.24, 2.45) is 0 Å². The highest BCUT2D eigenvalue weighted by Gasteiger charge is 2.29. The lowest BCUT2D eigenvalue weighted by Crippen LogP contribution is -2.27. The lowest BCUT2D eigenvalue weighted by Gasteiger charge is -2.26. The SMILES string of the molecule is CC(c1ccccc1F)N1Cc2ccccc2C1=N. The Morgan fingerprint density at radius 2 is 1.79 bits per heavy atom. The number of hydrogen-bond donors (Lipinski definition) is 1. The van der Waals surface area contributed by atoms with Gasteiger partial charge in [-0.2, -0.15) is 0 Å². The van der Waals surface area contributed by atoms with E-state index in [1.165, 1.54) is 6.07 Å². The van der Waals surface area contributed by atoms with Crippen molar-refractivity contribution in [1.29, 1.82) is 5.41 Å². The summed E-state index contributed by atoms with van der Waals surface area (Å²) in [6.07, 6.45) is 0. The molecular weight excluding hydrogens is 239 g/mol. The van der Waals surface area contributed by atoms with E-state index in [2.05, 4.69) is 0 Å². The van der Waals surface area contributed by atoms with Crippen LogP contribution in [0, 0.1) is 11.2 Å². The number of nitrogens with one attached hydrogen (secondary N) is 1. The molecule has 1 N–H and O–H groups in total. The maximum absolute atomic E-state index is 13.9. The largest absolute Gasteiger partial charge is 0.345 e. The molecule has 96 valence electrons. The van der Waals surface area contributed by atoms with Gasteiger partial charge in [-0.15, -0.1) is 0 Å². The highest BCUT2D eigenvalue weighted by atomic mass is 19.1. The molecule has 1 aliphatic heterocycles. The Labute approximate surface area is 112 Å². The summed E-state index contributed by atoms with van der Waals surface area (Å²) in [5, 5.41) is 8.24. The van der Waals surface area contributed by atoms with Gasteiger partial charge in [-0.3, -0.25) is 5.41 Å². The van der Waals surface area contributed by atoms with Gasteiger partial charge < -0.3 is 4.90 Å². The van der Waals surface area contributed by atoms with Gasteiger partial charge in [0.1, 0.15) is 11.7 Å². The predicted molar refractivity (Wildman–Crippen MR) is 73.6 cm³/mol. The number of amidine groups is 1. The molecule has 3 rings (SSSR count). The molecule has 1 atom stereocenters. The molecule has 0 saturated heterocycles. The van der Waals surface area contributed by atoms with E-state index in [1.54, 1.807) is 12.1 Å². The minimum Gasteiger partial charge on any atom is -0.345 e. The average Bonchev–Trinajstić information content (AvgIpc) is 2.77. The summed E-state index contributed by atoms with van der Waals surface area (Å²) >= 11 is 0. The molecule has 3 heteroatoms. The standard InChI is InChI=1S/C16H15FN2/c1-11(13-7-4-5-9-15(13)17)19-10-12-6-2-3-8-14(12)16(19)18/h2-9,11,18H,10H2,1H3. The van der Waals surface area contributed by atoms with Crippen molar-refractivity contribution in [3.8, 4) is 0 Å². The maximum Gasteiger partial charge on any atom is 0.129 e. The average molecular weight is 254 g/mol. The van der Waals surface area contributed by atoms with Crippen LogP contribution in [0.2, 0.25) is 0 Å². The summed E-state index contributed by atoms with van der Waals surface area (Å²) in [4.78, 5) is 1.93. The van der Waals surface area contributed by atoms with Crippen LogP contribution in [0.25, 0.3) is 0 Å². The van der Waals surface area contributed by atoms with Gasteiger partial charge >= 0.3 is 0 Å². The number of hydrogen-bond acceptors (Lipinski definition) is 1. The highest BCUT2D eigenvalue weighted by Crippen LogP contribution is 2.31. The van der Waals surface area contributed by atoms with E-state index in [0.29, 0.717) is 17.9 Å². The van der Waals surface area contributed by atoms with Crippen LogP contribution < -0.4 is 0 Å². The Hall–Kier alpha value is -2.16. The van der Waals surface area contributed by atoms with E-state index in [1.807, 2.05) is 42.2 Å². The molecular formula is C16H15FN2. The first kappa shape index (κ1) is 11.9. The third-order valence-corrected chi connectivity index (χ3v) is 3.72. The molecule has 2 aromatic carbocycles. The summed E-state index contributed by atoms with van der Waals surface area (Å²) in [7, 11) is 0. The van der Waals surface area contributed by atoms with Gasteiger partial charge in [0.2, 0.25) is 0 Å². The normalized spacial score (nSPS) is 15.5. The predicted octanol–water partition coefficient (Wildman–Crippen LogP) is 3.73. The molecule has 0 aliphatic carbocycles. The van der Waals surface area contributed by atoms with Crippen LogP contribution in [0.3, 0.4) is 0 Å². The van der Waals surface area contributed by atoms with E-state index in [4.69, 9.17) is 5.41 Å². The van der Waals surface area contributed by atoms with Crippen LogP contribution >= 0.6 is 0 Å². The Morgan fingerprint density at radius 1 is 1.11 bits per heavy atom. The van der Waals surface area contributed by atoms with Crippen molar-refractivity contribution in [2.45, 2.75) is 19.5 Å². The fourth-order valence-corrected chi connectivity index (χ4v) is 2.62. The second-order valence-electron chi connectivity index (χ2n) is 4.83. The van der Waals surface area contributed by atoms with Gasteiger partial charge in [0, 0.05) is 17.7 Å². The van der Waals surface area contributed by atoms with Crippen molar-refractivity contribution < 1.29 is 4.39 Å². The van der Waals surface area contributed by atoms with Crippen molar-refractivity contribution in [2.75, 3.05) is 0 Å². The van der Waals surface area contributed by atoms with Crippen molar-refractivity contribution in [1.82, 2.24) is 4.90 Å². The number of nitrogens with zero attached hydrogens (tertiary/aromatic N) is 1. The lowest BCUT2D eigenvalue weighted by atomic mass is 10.1. The molecule has 0 spiro atoms. The fourth-order valence-electron chi connectivity index (χ4n) is 2.62. The first-order valence-electron chi connectivity index (χ1n) is 6.36. The van der Waals surface area contributed by atoms with E-state index in [0.717, 1.165) is 11.1 Å². The fraction of sp³-hybridized carbons (Fsp3) is 0.188. The quantitative estimate of drug-likeness (QED) is 0.868. The van der Waals surface area contributed by atoms with Crippen LogP contribution in [0.4, 0.5) is 4.39 Å². The second-order valence-corrected chi connectivity index (χ2v) is 4.83. The summed E-state index contributed by atoms with van der Waals surface area (Å²) < 4.78 is 13.9. The van der Waals surface area contributed by atoms with Gasteiger partial charge in [-0.1, -0.05) is 42.5 Å². The van der Waals surface area contributed by atoms with Crippen LogP contribution in [0.15, 0.2) is 48.5 Å². The Kier molecular flexibility index (Phi) is 2.82. The topological polar surface area (TPSA) is 27.1 Å². The van der Waals surface area contributed by atoms with Crippen LogP contribution in [0.1, 0.15) is 29.7 Å². The first-order chi connectivity index (χ1) is 9.18. The van der Waals surface area contributed by atoms with Gasteiger partial charge in [-0.25, -0.2) is 4.39 Å². The van der Waals surface area contributed by atoms with Gasteiger partial charge in [-0.05, 0) is 18.6 Å². The molecule has 0 bridgehead atoms. The number of halogens is 1. The Bertz CT molecular complexity index is 636. The van der Waals surface area contributed by atoms with E-state index in [-0.39, 0.29) is 11.9 Å². The van der Waals surface area contributed by atoms with E-state index in [9.17, 15) is 4.39 Å². The molecule has 1 aliphatic rings. The summed E-state index contributed by atoms with van der Waals surface area (Å²) in [6.45, 7) is 2.61. The van der Waals surface area contributed by atoms with Crippen LogP contribution in [-0.2, 0) is 6.54 Å². The zero-order chi connectivity index (χ0) is 13.4. The molecule has 1 heterocycles. The molecule has 2 aromatic rings. The van der Waals surface area contributed by atoms with E-state index < -0.39 is 0 Å². The third kappa shape index (κ3) is 1.91. The molecule has 0 amide bonds.